The lowest BCUT2D eigenvalue weighted by Crippen LogP contribution is -2.11. The van der Waals surface area contributed by atoms with Crippen LogP contribution in [-0.4, -0.2) is 24.9 Å². The number of aliphatic hydroxyl groups is 1. The molecule has 17 heavy (non-hydrogen) atoms. The van der Waals surface area contributed by atoms with Gasteiger partial charge in [0.15, 0.2) is 0 Å². The maximum Gasteiger partial charge on any atom is 0.118 e. The summed E-state index contributed by atoms with van der Waals surface area (Å²) in [5.41, 5.74) is 1.03. The third-order valence-electron chi connectivity index (χ3n) is 2.13. The zero-order chi connectivity index (χ0) is 12.5. The molecule has 0 aliphatic heterocycles. The number of methoxy groups -OCH3 is 1. The highest BCUT2D eigenvalue weighted by Crippen LogP contribution is 2.11. The normalized spacial score (nSPS) is 12.3. The SMILES string of the molecule is C#C/C=C/[C@@H](O)COCc1ccc(OC)cc1. The van der Waals surface area contributed by atoms with Crippen LogP contribution >= 0.6 is 0 Å². The van der Waals surface area contributed by atoms with Gasteiger partial charge in [0.2, 0.25) is 0 Å². The second kappa shape index (κ2) is 7.50. The average molecular weight is 232 g/mol. The summed E-state index contributed by atoms with van der Waals surface area (Å²) in [5, 5.41) is 9.41. The lowest BCUT2D eigenvalue weighted by atomic mass is 10.2. The van der Waals surface area contributed by atoms with Crippen molar-refractivity contribution in [3.8, 4) is 18.1 Å². The molecule has 0 saturated carbocycles. The van der Waals surface area contributed by atoms with E-state index in [1.807, 2.05) is 24.3 Å². The summed E-state index contributed by atoms with van der Waals surface area (Å²) in [6.45, 7) is 0.676. The van der Waals surface area contributed by atoms with Crippen LogP contribution < -0.4 is 4.74 Å². The van der Waals surface area contributed by atoms with Gasteiger partial charge >= 0.3 is 0 Å². The fourth-order valence-electron chi connectivity index (χ4n) is 1.24. The molecule has 3 heteroatoms. The van der Waals surface area contributed by atoms with Gasteiger partial charge in [-0.15, -0.1) is 6.42 Å². The molecule has 0 aliphatic carbocycles. The Hall–Kier alpha value is -1.76. The van der Waals surface area contributed by atoms with Gasteiger partial charge in [-0.2, -0.15) is 0 Å². The molecule has 1 aromatic carbocycles. The summed E-state index contributed by atoms with van der Waals surface area (Å²) in [6.07, 6.45) is 7.34. The molecule has 1 N–H and O–H groups in total. The Morgan fingerprint density at radius 1 is 1.41 bits per heavy atom. The van der Waals surface area contributed by atoms with E-state index in [1.54, 1.807) is 7.11 Å². The first-order valence-corrected chi connectivity index (χ1v) is 5.28. The van der Waals surface area contributed by atoms with Crippen LogP contribution in [0.4, 0.5) is 0 Å². The van der Waals surface area contributed by atoms with Crippen LogP contribution in [0.2, 0.25) is 0 Å². The zero-order valence-corrected chi connectivity index (χ0v) is 9.80. The lowest BCUT2D eigenvalue weighted by molar-refractivity contribution is 0.0504. The van der Waals surface area contributed by atoms with Gasteiger partial charge in [-0.3, -0.25) is 0 Å². The van der Waals surface area contributed by atoms with Crippen LogP contribution in [0.15, 0.2) is 36.4 Å². The number of terminal acetylenes is 1. The molecule has 0 spiro atoms. The fraction of sp³-hybridized carbons (Fsp3) is 0.286. The minimum Gasteiger partial charge on any atom is -0.497 e. The fourth-order valence-corrected chi connectivity index (χ4v) is 1.24. The molecule has 0 aromatic heterocycles. The van der Waals surface area contributed by atoms with Gasteiger partial charge in [-0.25, -0.2) is 0 Å². The van der Waals surface area contributed by atoms with Gasteiger partial charge in [0.1, 0.15) is 5.75 Å². The minimum atomic E-state index is -0.663. The highest BCUT2D eigenvalue weighted by molar-refractivity contribution is 5.26. The van der Waals surface area contributed by atoms with E-state index in [0.29, 0.717) is 6.61 Å². The molecule has 0 amide bonds. The summed E-state index contributed by atoms with van der Waals surface area (Å²) in [4.78, 5) is 0. The maximum atomic E-state index is 9.41. The molecule has 0 radical (unpaired) electrons. The zero-order valence-electron chi connectivity index (χ0n) is 9.80. The number of aliphatic hydroxyl groups excluding tert-OH is 1. The summed E-state index contributed by atoms with van der Waals surface area (Å²) in [5.74, 6) is 3.12. The molecular formula is C14H16O3. The standard InChI is InChI=1S/C14H16O3/c1-3-4-5-13(15)11-17-10-12-6-8-14(16-2)9-7-12/h1,4-9,13,15H,10-11H2,2H3/b5-4+/t13-/m1/s1. The van der Waals surface area contributed by atoms with Gasteiger partial charge in [0.25, 0.3) is 0 Å². The number of rotatable bonds is 6. The summed E-state index contributed by atoms with van der Waals surface area (Å²) in [6, 6.07) is 7.58. The predicted octanol–water partition coefficient (Wildman–Crippen LogP) is 1.76. The summed E-state index contributed by atoms with van der Waals surface area (Å²) >= 11 is 0. The number of hydrogen-bond acceptors (Lipinski definition) is 3. The van der Waals surface area contributed by atoms with Crippen molar-refractivity contribution in [3.63, 3.8) is 0 Å². The Morgan fingerprint density at radius 3 is 2.71 bits per heavy atom. The Bertz CT molecular complexity index is 387. The van der Waals surface area contributed by atoms with E-state index in [0.717, 1.165) is 11.3 Å². The van der Waals surface area contributed by atoms with Crippen LogP contribution in [0.1, 0.15) is 5.56 Å². The molecule has 0 saturated heterocycles. The first-order chi connectivity index (χ1) is 8.26. The summed E-state index contributed by atoms with van der Waals surface area (Å²) < 4.78 is 10.4. The molecule has 0 aliphatic rings. The second-order valence-electron chi connectivity index (χ2n) is 3.46. The molecule has 3 nitrogen and oxygen atoms in total. The molecule has 0 heterocycles. The number of benzene rings is 1. The third kappa shape index (κ3) is 5.21. The predicted molar refractivity (Wildman–Crippen MR) is 66.6 cm³/mol. The molecule has 90 valence electrons. The van der Waals surface area contributed by atoms with E-state index in [2.05, 4.69) is 5.92 Å². The number of ether oxygens (including phenoxy) is 2. The van der Waals surface area contributed by atoms with E-state index in [9.17, 15) is 5.11 Å². The summed E-state index contributed by atoms with van der Waals surface area (Å²) in [7, 11) is 1.62. The highest BCUT2D eigenvalue weighted by Gasteiger charge is 1.99. The Kier molecular flexibility index (Phi) is 5.87. The van der Waals surface area contributed by atoms with Crippen LogP contribution in [-0.2, 0) is 11.3 Å². The monoisotopic (exact) mass is 232 g/mol. The van der Waals surface area contributed by atoms with Crippen molar-refractivity contribution >= 4 is 0 Å². The van der Waals surface area contributed by atoms with Crippen LogP contribution in [0.5, 0.6) is 5.75 Å². The molecular weight excluding hydrogens is 216 g/mol. The molecule has 1 rings (SSSR count). The van der Waals surface area contributed by atoms with E-state index in [1.165, 1.54) is 12.2 Å². The number of hydrogen-bond donors (Lipinski definition) is 1. The topological polar surface area (TPSA) is 38.7 Å². The first-order valence-electron chi connectivity index (χ1n) is 5.28. The van der Waals surface area contributed by atoms with Crippen molar-refractivity contribution in [2.45, 2.75) is 12.7 Å². The lowest BCUT2D eigenvalue weighted by Gasteiger charge is -2.07. The van der Waals surface area contributed by atoms with Crippen molar-refractivity contribution in [3.05, 3.63) is 42.0 Å². The van der Waals surface area contributed by atoms with E-state index in [-0.39, 0.29) is 6.61 Å². The van der Waals surface area contributed by atoms with Gasteiger partial charge in [-0.05, 0) is 29.8 Å². The van der Waals surface area contributed by atoms with Crippen LogP contribution in [0, 0.1) is 12.3 Å². The van der Waals surface area contributed by atoms with Crippen molar-refractivity contribution in [1.29, 1.82) is 0 Å². The molecule has 0 unspecified atom stereocenters. The van der Waals surface area contributed by atoms with Crippen molar-refractivity contribution in [2.24, 2.45) is 0 Å². The quantitative estimate of drug-likeness (QED) is 0.760. The van der Waals surface area contributed by atoms with Crippen molar-refractivity contribution < 1.29 is 14.6 Å². The maximum absolute atomic E-state index is 9.41. The molecule has 1 atom stereocenters. The van der Waals surface area contributed by atoms with Crippen LogP contribution in [0.25, 0.3) is 0 Å². The van der Waals surface area contributed by atoms with E-state index < -0.39 is 6.10 Å². The largest absolute Gasteiger partial charge is 0.497 e. The Morgan fingerprint density at radius 2 is 2.12 bits per heavy atom. The second-order valence-corrected chi connectivity index (χ2v) is 3.46. The van der Waals surface area contributed by atoms with E-state index >= 15 is 0 Å². The third-order valence-corrected chi connectivity index (χ3v) is 2.13. The van der Waals surface area contributed by atoms with E-state index in [4.69, 9.17) is 15.9 Å². The van der Waals surface area contributed by atoms with Gasteiger partial charge in [0, 0.05) is 0 Å². The minimum absolute atomic E-state index is 0.226. The average Bonchev–Trinajstić information content (AvgIpc) is 2.37. The van der Waals surface area contributed by atoms with Crippen molar-refractivity contribution in [1.82, 2.24) is 0 Å². The van der Waals surface area contributed by atoms with Gasteiger partial charge < -0.3 is 14.6 Å². The van der Waals surface area contributed by atoms with Crippen LogP contribution in [0.3, 0.4) is 0 Å². The molecule has 1 aromatic rings. The first kappa shape index (κ1) is 13.3. The van der Waals surface area contributed by atoms with Gasteiger partial charge in [-0.1, -0.05) is 18.1 Å². The Balaban J connectivity index is 2.31. The van der Waals surface area contributed by atoms with Crippen molar-refractivity contribution in [2.75, 3.05) is 13.7 Å². The Labute approximate surface area is 102 Å². The smallest absolute Gasteiger partial charge is 0.118 e. The van der Waals surface area contributed by atoms with Gasteiger partial charge in [0.05, 0.1) is 26.4 Å². The molecule has 0 bridgehead atoms. The number of allylic oxidation sites excluding steroid dienone is 1. The highest BCUT2D eigenvalue weighted by atomic mass is 16.5. The molecule has 0 fully saturated rings.